The Balaban J connectivity index is 1.92. The summed E-state index contributed by atoms with van der Waals surface area (Å²) >= 11 is 0. The molecular formula is C16H21N5O2. The highest BCUT2D eigenvalue weighted by Gasteiger charge is 2.22. The number of hydrogen-bond donors (Lipinski definition) is 1. The predicted molar refractivity (Wildman–Crippen MR) is 85.7 cm³/mol. The number of aryl methyl sites for hydroxylation is 2. The predicted octanol–water partition coefficient (Wildman–Crippen LogP) is 1.05. The molecule has 0 bridgehead atoms. The number of carbonyl (C=O) groups is 1. The average Bonchev–Trinajstić information content (AvgIpc) is 3.10. The van der Waals surface area contributed by atoms with Crippen molar-refractivity contribution in [2.75, 3.05) is 13.1 Å². The SMILES string of the molecule is Cc1cc(=O)[nH]c(-n2nc(C)c(CC(=O)N3CCCC3)c2C)n1. The molecular weight excluding hydrogens is 294 g/mol. The van der Waals surface area contributed by atoms with Crippen LogP contribution >= 0.6 is 0 Å². The maximum atomic E-state index is 12.4. The van der Waals surface area contributed by atoms with Crippen LogP contribution in [-0.4, -0.2) is 43.6 Å². The number of aromatic amines is 1. The lowest BCUT2D eigenvalue weighted by molar-refractivity contribution is -0.129. The molecule has 1 amide bonds. The standard InChI is InChI=1S/C16H21N5O2/c1-10-8-14(22)18-16(17-10)21-12(3)13(11(2)19-21)9-15(23)20-6-4-5-7-20/h8H,4-7,9H2,1-3H3,(H,17,18,22). The molecule has 3 heterocycles. The zero-order valence-electron chi connectivity index (χ0n) is 13.7. The fourth-order valence-corrected chi connectivity index (χ4v) is 3.03. The number of likely N-dealkylation sites (tertiary alicyclic amines) is 1. The molecule has 0 spiro atoms. The van der Waals surface area contributed by atoms with Crippen LogP contribution in [0.25, 0.3) is 5.95 Å². The van der Waals surface area contributed by atoms with E-state index in [2.05, 4.69) is 15.1 Å². The summed E-state index contributed by atoms with van der Waals surface area (Å²) in [5.41, 5.74) is 2.95. The Morgan fingerprint density at radius 3 is 2.61 bits per heavy atom. The van der Waals surface area contributed by atoms with Crippen molar-refractivity contribution < 1.29 is 4.79 Å². The van der Waals surface area contributed by atoms with Crippen LogP contribution < -0.4 is 5.56 Å². The van der Waals surface area contributed by atoms with Gasteiger partial charge < -0.3 is 4.90 Å². The molecule has 2 aromatic heterocycles. The topological polar surface area (TPSA) is 83.9 Å². The van der Waals surface area contributed by atoms with Crippen molar-refractivity contribution in [3.8, 4) is 5.95 Å². The Labute approximate surface area is 134 Å². The van der Waals surface area contributed by atoms with Crippen molar-refractivity contribution in [2.24, 2.45) is 0 Å². The first-order valence-corrected chi connectivity index (χ1v) is 7.87. The first-order valence-electron chi connectivity index (χ1n) is 7.87. The molecule has 23 heavy (non-hydrogen) atoms. The van der Waals surface area contributed by atoms with Crippen LogP contribution in [0, 0.1) is 20.8 Å². The van der Waals surface area contributed by atoms with E-state index in [1.165, 1.54) is 6.07 Å². The number of nitrogens with zero attached hydrogens (tertiary/aromatic N) is 4. The van der Waals surface area contributed by atoms with Crippen LogP contribution in [0.5, 0.6) is 0 Å². The Morgan fingerprint density at radius 1 is 1.26 bits per heavy atom. The summed E-state index contributed by atoms with van der Waals surface area (Å²) < 4.78 is 1.61. The first kappa shape index (κ1) is 15.5. The molecule has 1 N–H and O–H groups in total. The van der Waals surface area contributed by atoms with E-state index in [0.717, 1.165) is 42.9 Å². The third kappa shape index (κ3) is 3.04. The summed E-state index contributed by atoms with van der Waals surface area (Å²) in [5.74, 6) is 0.523. The van der Waals surface area contributed by atoms with Gasteiger partial charge in [-0.2, -0.15) is 5.10 Å². The van der Waals surface area contributed by atoms with Crippen molar-refractivity contribution in [1.82, 2.24) is 24.6 Å². The Morgan fingerprint density at radius 2 is 1.96 bits per heavy atom. The van der Waals surface area contributed by atoms with Crippen molar-refractivity contribution in [3.63, 3.8) is 0 Å². The molecule has 7 nitrogen and oxygen atoms in total. The van der Waals surface area contributed by atoms with Crippen molar-refractivity contribution in [3.05, 3.63) is 39.1 Å². The van der Waals surface area contributed by atoms with E-state index in [4.69, 9.17) is 0 Å². The summed E-state index contributed by atoms with van der Waals surface area (Å²) in [6.07, 6.45) is 2.50. The number of hydrogen-bond acceptors (Lipinski definition) is 4. The second kappa shape index (κ2) is 5.98. The molecule has 1 fully saturated rings. The minimum Gasteiger partial charge on any atom is -0.342 e. The monoisotopic (exact) mass is 315 g/mol. The molecule has 0 aromatic carbocycles. The van der Waals surface area contributed by atoms with Crippen molar-refractivity contribution in [1.29, 1.82) is 0 Å². The number of rotatable bonds is 3. The van der Waals surface area contributed by atoms with E-state index in [-0.39, 0.29) is 11.5 Å². The van der Waals surface area contributed by atoms with E-state index >= 15 is 0 Å². The van der Waals surface area contributed by atoms with E-state index in [1.54, 1.807) is 11.6 Å². The van der Waals surface area contributed by atoms with E-state index in [0.29, 0.717) is 18.1 Å². The number of H-pyrrole nitrogens is 1. The van der Waals surface area contributed by atoms with Crippen LogP contribution in [0.2, 0.25) is 0 Å². The summed E-state index contributed by atoms with van der Waals surface area (Å²) in [6.45, 7) is 7.23. The maximum absolute atomic E-state index is 12.4. The minimum atomic E-state index is -0.213. The van der Waals surface area contributed by atoms with Gasteiger partial charge in [-0.25, -0.2) is 9.67 Å². The van der Waals surface area contributed by atoms with Crippen LogP contribution in [0.1, 0.15) is 35.5 Å². The summed E-state index contributed by atoms with van der Waals surface area (Å²) in [7, 11) is 0. The van der Waals surface area contributed by atoms with E-state index in [1.807, 2.05) is 18.7 Å². The second-order valence-corrected chi connectivity index (χ2v) is 6.04. The lowest BCUT2D eigenvalue weighted by atomic mass is 10.1. The number of nitrogens with one attached hydrogen (secondary N) is 1. The van der Waals surface area contributed by atoms with Gasteiger partial charge in [0.15, 0.2) is 0 Å². The van der Waals surface area contributed by atoms with Gasteiger partial charge in [0, 0.05) is 36.1 Å². The molecule has 122 valence electrons. The van der Waals surface area contributed by atoms with Gasteiger partial charge in [-0.05, 0) is 33.6 Å². The first-order chi connectivity index (χ1) is 11.0. The number of carbonyl (C=O) groups excluding carboxylic acids is 1. The van der Waals surface area contributed by atoms with Gasteiger partial charge in [-0.1, -0.05) is 0 Å². The highest BCUT2D eigenvalue weighted by atomic mass is 16.2. The van der Waals surface area contributed by atoms with E-state index < -0.39 is 0 Å². The van der Waals surface area contributed by atoms with Crippen molar-refractivity contribution in [2.45, 2.75) is 40.0 Å². The summed E-state index contributed by atoms with van der Waals surface area (Å²) in [4.78, 5) is 33.0. The average molecular weight is 315 g/mol. The molecule has 7 heteroatoms. The molecule has 0 atom stereocenters. The largest absolute Gasteiger partial charge is 0.342 e. The quantitative estimate of drug-likeness (QED) is 0.917. The molecule has 2 aromatic rings. The normalized spacial score (nSPS) is 14.5. The fourth-order valence-electron chi connectivity index (χ4n) is 3.03. The molecule has 1 aliphatic rings. The lowest BCUT2D eigenvalue weighted by Crippen LogP contribution is -2.29. The summed E-state index contributed by atoms with van der Waals surface area (Å²) in [5, 5.41) is 4.46. The molecule has 0 saturated carbocycles. The van der Waals surface area contributed by atoms with E-state index in [9.17, 15) is 9.59 Å². The highest BCUT2D eigenvalue weighted by Crippen LogP contribution is 2.18. The Bertz CT molecular complexity index is 799. The van der Waals surface area contributed by atoms with Gasteiger partial charge in [-0.3, -0.25) is 14.6 Å². The molecule has 0 aliphatic carbocycles. The molecule has 1 saturated heterocycles. The molecule has 1 aliphatic heterocycles. The van der Waals surface area contributed by atoms with Gasteiger partial charge in [-0.15, -0.1) is 0 Å². The third-order valence-corrected chi connectivity index (χ3v) is 4.29. The zero-order valence-corrected chi connectivity index (χ0v) is 13.7. The van der Waals surface area contributed by atoms with Gasteiger partial charge >= 0.3 is 0 Å². The molecule has 3 rings (SSSR count). The number of amides is 1. The Hall–Kier alpha value is -2.44. The third-order valence-electron chi connectivity index (χ3n) is 4.29. The summed E-state index contributed by atoms with van der Waals surface area (Å²) in [6, 6.07) is 1.44. The highest BCUT2D eigenvalue weighted by molar-refractivity contribution is 5.79. The molecule has 0 radical (unpaired) electrons. The second-order valence-electron chi connectivity index (χ2n) is 6.04. The smallest absolute Gasteiger partial charge is 0.252 e. The Kier molecular flexibility index (Phi) is 4.02. The van der Waals surface area contributed by atoms with Crippen LogP contribution in [0.3, 0.4) is 0 Å². The van der Waals surface area contributed by atoms with Gasteiger partial charge in [0.05, 0.1) is 12.1 Å². The van der Waals surface area contributed by atoms with Crippen LogP contribution in [0.4, 0.5) is 0 Å². The minimum absolute atomic E-state index is 0.138. The van der Waals surface area contributed by atoms with Gasteiger partial charge in [0.2, 0.25) is 11.9 Å². The molecule has 0 unspecified atom stereocenters. The van der Waals surface area contributed by atoms with Gasteiger partial charge in [0.1, 0.15) is 0 Å². The zero-order chi connectivity index (χ0) is 16.6. The lowest BCUT2D eigenvalue weighted by Gasteiger charge is -2.15. The number of aromatic nitrogens is 4. The van der Waals surface area contributed by atoms with Gasteiger partial charge in [0.25, 0.3) is 5.56 Å². The van der Waals surface area contributed by atoms with Crippen molar-refractivity contribution >= 4 is 5.91 Å². The van der Waals surface area contributed by atoms with Crippen LogP contribution in [0.15, 0.2) is 10.9 Å². The van der Waals surface area contributed by atoms with Crippen LogP contribution in [-0.2, 0) is 11.2 Å². The fraction of sp³-hybridized carbons (Fsp3) is 0.500. The maximum Gasteiger partial charge on any atom is 0.252 e.